The average molecular weight is 516 g/mol. The van der Waals surface area contributed by atoms with Crippen molar-refractivity contribution in [1.82, 2.24) is 4.90 Å². The Balaban J connectivity index is 1.63. The van der Waals surface area contributed by atoms with E-state index in [0.29, 0.717) is 36.7 Å². The maximum atomic E-state index is 12.5. The lowest BCUT2D eigenvalue weighted by Gasteiger charge is -2.18. The minimum Gasteiger partial charge on any atom is -0.493 e. The number of ketones is 1. The number of methoxy groups -OCH3 is 2. The summed E-state index contributed by atoms with van der Waals surface area (Å²) in [7, 11) is 5.11. The van der Waals surface area contributed by atoms with Crippen LogP contribution >= 0.6 is 0 Å². The Morgan fingerprint density at radius 2 is 1.86 bits per heavy atom. The van der Waals surface area contributed by atoms with Gasteiger partial charge in [-0.05, 0) is 55.7 Å². The van der Waals surface area contributed by atoms with Crippen molar-refractivity contribution in [3.05, 3.63) is 35.9 Å². The first kappa shape index (κ1) is 30.9. The molecule has 6 nitrogen and oxygen atoms in total. The number of carbonyl (C=O) groups excluding carboxylic acids is 2. The topological polar surface area (TPSA) is 76.1 Å². The zero-order valence-corrected chi connectivity index (χ0v) is 23.5. The van der Waals surface area contributed by atoms with E-state index in [0.717, 1.165) is 76.2 Å². The van der Waals surface area contributed by atoms with Crippen LogP contribution in [0.2, 0.25) is 0 Å². The zero-order valence-electron chi connectivity index (χ0n) is 23.5. The number of ether oxygens (including phenoxy) is 2. The highest BCUT2D eigenvalue weighted by Crippen LogP contribution is 2.34. The smallest absolute Gasteiger partial charge is 0.222 e. The normalized spacial score (nSPS) is 18.4. The number of Topliss-reactive ketones (excluding diaryl/α,β-unsaturated/α-hetero) is 1. The fourth-order valence-electron chi connectivity index (χ4n) is 5.15. The number of benzene rings is 1. The first-order chi connectivity index (χ1) is 17.9. The molecule has 0 spiro atoms. The molecule has 1 saturated carbocycles. The molecule has 1 fully saturated rings. The van der Waals surface area contributed by atoms with Crippen LogP contribution in [0.25, 0.3) is 0 Å². The van der Waals surface area contributed by atoms with Crippen LogP contribution < -0.4 is 9.47 Å². The molecule has 1 aromatic carbocycles. The molecular weight excluding hydrogens is 466 g/mol. The van der Waals surface area contributed by atoms with Crippen LogP contribution in [-0.4, -0.2) is 55.6 Å². The Morgan fingerprint density at radius 1 is 1.11 bits per heavy atom. The Morgan fingerprint density at radius 3 is 2.59 bits per heavy atom. The van der Waals surface area contributed by atoms with Gasteiger partial charge in [-0.1, -0.05) is 63.7 Å². The second kappa shape index (κ2) is 17.2. The van der Waals surface area contributed by atoms with Crippen molar-refractivity contribution in [3.8, 4) is 11.5 Å². The first-order valence-electron chi connectivity index (χ1n) is 14.2. The van der Waals surface area contributed by atoms with Gasteiger partial charge in [0.25, 0.3) is 0 Å². The molecule has 1 aromatic rings. The third kappa shape index (κ3) is 10.9. The molecule has 2 rings (SSSR count). The van der Waals surface area contributed by atoms with Gasteiger partial charge in [0.2, 0.25) is 5.91 Å². The Bertz CT molecular complexity index is 852. The van der Waals surface area contributed by atoms with Gasteiger partial charge in [-0.25, -0.2) is 0 Å². The quantitative estimate of drug-likeness (QED) is 0.188. The molecule has 0 bridgehead atoms. The summed E-state index contributed by atoms with van der Waals surface area (Å²) < 4.78 is 10.6. The molecule has 0 aromatic heterocycles. The number of amides is 1. The molecule has 3 unspecified atom stereocenters. The Labute approximate surface area is 224 Å². The number of unbranched alkanes of at least 4 members (excludes halogenated alkanes) is 5. The van der Waals surface area contributed by atoms with Crippen molar-refractivity contribution < 1.29 is 24.2 Å². The van der Waals surface area contributed by atoms with Gasteiger partial charge in [0.1, 0.15) is 5.78 Å². The van der Waals surface area contributed by atoms with E-state index in [2.05, 4.69) is 13.0 Å². The molecule has 1 aliphatic carbocycles. The third-order valence-electron chi connectivity index (χ3n) is 7.60. The van der Waals surface area contributed by atoms with Gasteiger partial charge in [0, 0.05) is 32.4 Å². The van der Waals surface area contributed by atoms with E-state index >= 15 is 0 Å². The van der Waals surface area contributed by atoms with Crippen molar-refractivity contribution in [3.63, 3.8) is 0 Å². The van der Waals surface area contributed by atoms with Gasteiger partial charge in [-0.15, -0.1) is 0 Å². The fraction of sp³-hybridized carbons (Fsp3) is 0.677. The predicted octanol–water partition coefficient (Wildman–Crippen LogP) is 6.14. The van der Waals surface area contributed by atoms with Gasteiger partial charge in [-0.3, -0.25) is 9.59 Å². The minimum atomic E-state index is -0.391. The number of nitrogens with zero attached hydrogens (tertiary/aromatic N) is 1. The average Bonchev–Trinajstić information content (AvgIpc) is 3.26. The van der Waals surface area contributed by atoms with Crippen LogP contribution in [0.15, 0.2) is 30.4 Å². The number of rotatable bonds is 18. The van der Waals surface area contributed by atoms with Gasteiger partial charge >= 0.3 is 0 Å². The first-order valence-corrected chi connectivity index (χ1v) is 14.2. The van der Waals surface area contributed by atoms with Gasteiger partial charge in [0.15, 0.2) is 11.5 Å². The van der Waals surface area contributed by atoms with Crippen molar-refractivity contribution in [2.24, 2.45) is 11.8 Å². The highest BCUT2D eigenvalue weighted by atomic mass is 16.5. The summed E-state index contributed by atoms with van der Waals surface area (Å²) >= 11 is 0. The second-order valence-corrected chi connectivity index (χ2v) is 10.4. The monoisotopic (exact) mass is 515 g/mol. The van der Waals surface area contributed by atoms with E-state index in [1.807, 2.05) is 36.2 Å². The molecule has 0 saturated heterocycles. The lowest BCUT2D eigenvalue weighted by Crippen LogP contribution is -2.28. The maximum Gasteiger partial charge on any atom is 0.222 e. The summed E-state index contributed by atoms with van der Waals surface area (Å²) in [6.45, 7) is 2.83. The molecule has 6 heteroatoms. The minimum absolute atomic E-state index is 0.100. The summed E-state index contributed by atoms with van der Waals surface area (Å²) in [5.41, 5.74) is 1.11. The molecule has 1 aliphatic rings. The summed E-state index contributed by atoms with van der Waals surface area (Å²) in [6.07, 6.45) is 15.5. The standard InChI is InChI=1S/C31H49NO5/c1-5-6-9-12-26(33)18-16-25-17-19-28(34)27(25)13-10-7-8-11-14-31(35)32(2)22-21-24-15-20-29(36-3)30(23-24)37-4/h15-16,18,20,23,25-27,33H,5-14,17,19,21-22H2,1-4H3. The Kier molecular flexibility index (Phi) is 14.4. The predicted molar refractivity (Wildman–Crippen MR) is 149 cm³/mol. The van der Waals surface area contributed by atoms with Crippen molar-refractivity contribution in [2.75, 3.05) is 27.8 Å². The Hall–Kier alpha value is -2.34. The number of hydrogen-bond acceptors (Lipinski definition) is 5. The summed E-state index contributed by atoms with van der Waals surface area (Å²) in [6, 6.07) is 5.86. The maximum absolute atomic E-state index is 12.5. The summed E-state index contributed by atoms with van der Waals surface area (Å²) in [4.78, 5) is 26.7. The highest BCUT2D eigenvalue weighted by molar-refractivity contribution is 5.83. The van der Waals surface area contributed by atoms with Crippen LogP contribution in [0.4, 0.5) is 0 Å². The summed E-state index contributed by atoms with van der Waals surface area (Å²) in [5, 5.41) is 10.2. The van der Waals surface area contributed by atoms with E-state index in [-0.39, 0.29) is 17.7 Å². The molecule has 3 atom stereocenters. The molecule has 0 heterocycles. The molecule has 0 aliphatic heterocycles. The summed E-state index contributed by atoms with van der Waals surface area (Å²) in [5.74, 6) is 2.33. The van der Waals surface area contributed by atoms with Crippen LogP contribution in [0.3, 0.4) is 0 Å². The van der Waals surface area contributed by atoms with Crippen LogP contribution in [0.5, 0.6) is 11.5 Å². The van der Waals surface area contributed by atoms with E-state index in [9.17, 15) is 14.7 Å². The second-order valence-electron chi connectivity index (χ2n) is 10.4. The molecule has 37 heavy (non-hydrogen) atoms. The zero-order chi connectivity index (χ0) is 27.0. The van der Waals surface area contributed by atoms with E-state index in [1.165, 1.54) is 0 Å². The van der Waals surface area contributed by atoms with Crippen molar-refractivity contribution in [2.45, 2.75) is 96.5 Å². The lowest BCUT2D eigenvalue weighted by molar-refractivity contribution is -0.130. The van der Waals surface area contributed by atoms with E-state index in [4.69, 9.17) is 9.47 Å². The van der Waals surface area contributed by atoms with Gasteiger partial charge < -0.3 is 19.5 Å². The van der Waals surface area contributed by atoms with Gasteiger partial charge in [0.05, 0.1) is 20.3 Å². The molecular formula is C31H49NO5. The van der Waals surface area contributed by atoms with E-state index in [1.54, 1.807) is 14.2 Å². The number of aliphatic hydroxyl groups excluding tert-OH is 1. The SMILES string of the molecule is CCCCCC(O)C=CC1CCC(=O)C1CCCCCCC(=O)N(C)CCc1ccc(OC)c(OC)c1. The lowest BCUT2D eigenvalue weighted by atomic mass is 9.89. The number of allylic oxidation sites excluding steroid dienone is 1. The molecule has 208 valence electrons. The third-order valence-corrected chi connectivity index (χ3v) is 7.60. The molecule has 1 amide bonds. The van der Waals surface area contributed by atoms with Crippen LogP contribution in [-0.2, 0) is 16.0 Å². The molecule has 0 radical (unpaired) electrons. The van der Waals surface area contributed by atoms with Crippen molar-refractivity contribution in [1.29, 1.82) is 0 Å². The van der Waals surface area contributed by atoms with Crippen LogP contribution in [0, 0.1) is 11.8 Å². The number of hydrogen-bond donors (Lipinski definition) is 1. The highest BCUT2D eigenvalue weighted by Gasteiger charge is 2.32. The van der Waals surface area contributed by atoms with Crippen LogP contribution in [0.1, 0.15) is 89.5 Å². The van der Waals surface area contributed by atoms with Gasteiger partial charge in [-0.2, -0.15) is 0 Å². The van der Waals surface area contributed by atoms with Crippen molar-refractivity contribution >= 4 is 11.7 Å². The largest absolute Gasteiger partial charge is 0.493 e. The number of likely N-dealkylation sites (N-methyl/N-ethyl adjacent to an activating group) is 1. The fourth-order valence-corrected chi connectivity index (χ4v) is 5.15. The number of aliphatic hydroxyl groups is 1. The number of carbonyl (C=O) groups is 2. The van der Waals surface area contributed by atoms with E-state index < -0.39 is 6.10 Å². The molecule has 1 N–H and O–H groups in total.